The Morgan fingerprint density at radius 2 is 1.74 bits per heavy atom. The van der Waals surface area contributed by atoms with E-state index in [1.165, 1.54) is 0 Å². The SMILES string of the molecule is CCc1cccc(CC)c1NC(Cl)(C(C)=O)C(=O)O. The van der Waals surface area contributed by atoms with Gasteiger partial charge in [0.05, 0.1) is 0 Å². The zero-order chi connectivity index (χ0) is 14.6. The predicted molar refractivity (Wildman–Crippen MR) is 75.7 cm³/mol. The number of benzene rings is 1. The highest BCUT2D eigenvalue weighted by Crippen LogP contribution is 2.28. The molecule has 1 atom stereocenters. The molecule has 0 heterocycles. The monoisotopic (exact) mass is 283 g/mol. The molecular weight excluding hydrogens is 266 g/mol. The van der Waals surface area contributed by atoms with E-state index in [-0.39, 0.29) is 0 Å². The van der Waals surface area contributed by atoms with Crippen LogP contribution < -0.4 is 5.32 Å². The summed E-state index contributed by atoms with van der Waals surface area (Å²) in [4.78, 5) is 20.7. The lowest BCUT2D eigenvalue weighted by molar-refractivity contribution is -0.142. The molecule has 0 fully saturated rings. The van der Waals surface area contributed by atoms with Gasteiger partial charge in [0.25, 0.3) is 5.00 Å². The molecule has 19 heavy (non-hydrogen) atoms. The van der Waals surface area contributed by atoms with Crippen molar-refractivity contribution in [1.82, 2.24) is 0 Å². The van der Waals surface area contributed by atoms with Crippen LogP contribution in [0.1, 0.15) is 31.9 Å². The van der Waals surface area contributed by atoms with E-state index >= 15 is 0 Å². The van der Waals surface area contributed by atoms with Crippen molar-refractivity contribution < 1.29 is 14.7 Å². The largest absolute Gasteiger partial charge is 0.478 e. The fourth-order valence-electron chi connectivity index (χ4n) is 1.87. The number of hydrogen-bond donors (Lipinski definition) is 2. The third kappa shape index (κ3) is 3.07. The first-order valence-corrected chi connectivity index (χ1v) is 6.56. The van der Waals surface area contributed by atoms with Crippen molar-refractivity contribution in [1.29, 1.82) is 0 Å². The van der Waals surface area contributed by atoms with Crippen LogP contribution in [0.15, 0.2) is 18.2 Å². The Kier molecular flexibility index (Phi) is 4.95. The predicted octanol–water partition coefficient (Wildman–Crippen LogP) is 2.83. The maximum absolute atomic E-state index is 11.5. The summed E-state index contributed by atoms with van der Waals surface area (Å²) in [5, 5.41) is 11.9. The molecule has 1 aromatic rings. The van der Waals surface area contributed by atoms with Gasteiger partial charge in [-0.05, 0) is 30.9 Å². The van der Waals surface area contributed by atoms with Gasteiger partial charge in [-0.15, -0.1) is 0 Å². The van der Waals surface area contributed by atoms with E-state index in [2.05, 4.69) is 5.32 Å². The summed E-state index contributed by atoms with van der Waals surface area (Å²) in [6, 6.07) is 5.69. The molecule has 5 heteroatoms. The number of carbonyl (C=O) groups is 2. The number of aryl methyl sites for hydroxylation is 2. The molecule has 104 valence electrons. The Hall–Kier alpha value is -1.55. The van der Waals surface area contributed by atoms with Crippen molar-refractivity contribution in [2.75, 3.05) is 5.32 Å². The van der Waals surface area contributed by atoms with E-state index in [0.29, 0.717) is 5.69 Å². The van der Waals surface area contributed by atoms with Crippen molar-refractivity contribution in [3.05, 3.63) is 29.3 Å². The highest BCUT2D eigenvalue weighted by molar-refractivity contribution is 6.46. The number of hydrogen-bond acceptors (Lipinski definition) is 3. The van der Waals surface area contributed by atoms with Crippen molar-refractivity contribution in [3.63, 3.8) is 0 Å². The van der Waals surface area contributed by atoms with E-state index in [1.807, 2.05) is 32.0 Å². The van der Waals surface area contributed by atoms with Crippen LogP contribution in [0.3, 0.4) is 0 Å². The summed E-state index contributed by atoms with van der Waals surface area (Å²) < 4.78 is 0. The zero-order valence-corrected chi connectivity index (χ0v) is 12.0. The molecule has 1 unspecified atom stereocenters. The maximum atomic E-state index is 11.5. The van der Waals surface area contributed by atoms with Gasteiger partial charge < -0.3 is 10.4 Å². The normalized spacial score (nSPS) is 13.7. The van der Waals surface area contributed by atoms with Crippen molar-refractivity contribution in [2.45, 2.75) is 38.6 Å². The van der Waals surface area contributed by atoms with Crippen LogP contribution in [-0.4, -0.2) is 21.9 Å². The molecule has 0 aliphatic heterocycles. The number of halogens is 1. The first kappa shape index (κ1) is 15.5. The first-order valence-electron chi connectivity index (χ1n) is 6.19. The van der Waals surface area contributed by atoms with E-state index in [4.69, 9.17) is 11.6 Å². The third-order valence-corrected chi connectivity index (χ3v) is 3.60. The molecule has 0 aliphatic rings. The van der Waals surface area contributed by atoms with Crippen LogP contribution in [0.2, 0.25) is 0 Å². The second kappa shape index (κ2) is 6.06. The number of Topliss-reactive ketones (excluding diaryl/α,β-unsaturated/α-hetero) is 1. The topological polar surface area (TPSA) is 66.4 Å². The van der Waals surface area contributed by atoms with E-state index in [0.717, 1.165) is 30.9 Å². The minimum atomic E-state index is -2.12. The summed E-state index contributed by atoms with van der Waals surface area (Å²) in [5.41, 5.74) is 2.51. The highest BCUT2D eigenvalue weighted by Gasteiger charge is 2.42. The minimum absolute atomic E-state index is 0.639. The number of carboxylic acid groups (broad SMARTS) is 1. The Bertz CT molecular complexity index is 463. The van der Waals surface area contributed by atoms with Crippen molar-refractivity contribution in [2.24, 2.45) is 0 Å². The second-order valence-corrected chi connectivity index (χ2v) is 4.87. The number of rotatable bonds is 6. The van der Waals surface area contributed by atoms with Gasteiger partial charge in [-0.1, -0.05) is 43.6 Å². The molecule has 0 saturated carbocycles. The quantitative estimate of drug-likeness (QED) is 0.479. The lowest BCUT2D eigenvalue weighted by Crippen LogP contribution is -2.47. The molecule has 0 radical (unpaired) electrons. The number of ketones is 1. The summed E-state index contributed by atoms with van der Waals surface area (Å²) in [6.45, 7) is 5.09. The number of carboxylic acids is 1. The van der Waals surface area contributed by atoms with Gasteiger partial charge in [-0.2, -0.15) is 0 Å². The van der Waals surface area contributed by atoms with Gasteiger partial charge in [0.15, 0.2) is 5.78 Å². The molecule has 0 amide bonds. The van der Waals surface area contributed by atoms with Crippen molar-refractivity contribution in [3.8, 4) is 0 Å². The highest BCUT2D eigenvalue weighted by atomic mass is 35.5. The van der Waals surface area contributed by atoms with Gasteiger partial charge in [-0.3, -0.25) is 4.79 Å². The summed E-state index contributed by atoms with van der Waals surface area (Å²) >= 11 is 5.94. The minimum Gasteiger partial charge on any atom is -0.478 e. The summed E-state index contributed by atoms with van der Waals surface area (Å²) in [7, 11) is 0. The molecule has 1 rings (SSSR count). The molecule has 0 saturated heterocycles. The van der Waals surface area contributed by atoms with E-state index in [9.17, 15) is 14.7 Å². The van der Waals surface area contributed by atoms with E-state index < -0.39 is 16.8 Å². The molecule has 2 N–H and O–H groups in total. The van der Waals surface area contributed by atoms with Gasteiger partial charge in [0, 0.05) is 5.69 Å². The lowest BCUT2D eigenvalue weighted by Gasteiger charge is -2.25. The number of para-hydroxylation sites is 1. The Balaban J connectivity index is 3.30. The number of nitrogens with one attached hydrogen (secondary N) is 1. The molecule has 0 aromatic heterocycles. The second-order valence-electron chi connectivity index (χ2n) is 4.30. The fraction of sp³-hybridized carbons (Fsp3) is 0.429. The molecule has 0 spiro atoms. The molecule has 4 nitrogen and oxygen atoms in total. The Morgan fingerprint density at radius 3 is 2.05 bits per heavy atom. The van der Waals surface area contributed by atoms with Crippen LogP contribution in [0.4, 0.5) is 5.69 Å². The number of alkyl halides is 1. The maximum Gasteiger partial charge on any atom is 0.353 e. The van der Waals surface area contributed by atoms with Crippen LogP contribution >= 0.6 is 11.6 Å². The average molecular weight is 284 g/mol. The van der Waals surface area contributed by atoms with Crippen LogP contribution in [0.25, 0.3) is 0 Å². The standard InChI is InChI=1S/C14H18ClNO3/c1-4-10-7-6-8-11(5-2)12(10)16-14(15,9(3)17)13(18)19/h6-8,16H,4-5H2,1-3H3,(H,18,19). The first-order chi connectivity index (χ1) is 8.86. The van der Waals surface area contributed by atoms with Gasteiger partial charge >= 0.3 is 5.97 Å². The average Bonchev–Trinajstić information content (AvgIpc) is 2.38. The summed E-state index contributed by atoms with van der Waals surface area (Å²) in [6.07, 6.45) is 1.45. The lowest BCUT2D eigenvalue weighted by atomic mass is 10.0. The van der Waals surface area contributed by atoms with Crippen molar-refractivity contribution >= 4 is 29.0 Å². The number of aliphatic carboxylic acids is 1. The van der Waals surface area contributed by atoms with Gasteiger partial charge in [0.2, 0.25) is 0 Å². The number of anilines is 1. The van der Waals surface area contributed by atoms with E-state index in [1.54, 1.807) is 0 Å². The van der Waals surface area contributed by atoms with Gasteiger partial charge in [0.1, 0.15) is 0 Å². The van der Waals surface area contributed by atoms with Crippen LogP contribution in [0.5, 0.6) is 0 Å². The Morgan fingerprint density at radius 1 is 1.26 bits per heavy atom. The molecule has 0 bridgehead atoms. The molecule has 0 aliphatic carbocycles. The van der Waals surface area contributed by atoms with Crippen LogP contribution in [0, 0.1) is 0 Å². The molecular formula is C14H18ClNO3. The molecule has 1 aromatic carbocycles. The fourth-order valence-corrected chi connectivity index (χ4v) is 1.96. The third-order valence-electron chi connectivity index (χ3n) is 3.08. The zero-order valence-electron chi connectivity index (χ0n) is 11.3. The smallest absolute Gasteiger partial charge is 0.353 e. The van der Waals surface area contributed by atoms with Gasteiger partial charge in [-0.25, -0.2) is 4.79 Å². The number of carbonyl (C=O) groups excluding carboxylic acids is 1. The Labute approximate surface area is 117 Å². The van der Waals surface area contributed by atoms with Crippen LogP contribution in [-0.2, 0) is 22.4 Å². The summed E-state index contributed by atoms with van der Waals surface area (Å²) in [5.74, 6) is -2.04.